The number of hydrogen-bond acceptors (Lipinski definition) is 4. The van der Waals surface area contributed by atoms with E-state index in [4.69, 9.17) is 4.74 Å². The van der Waals surface area contributed by atoms with E-state index < -0.39 is 29.7 Å². The van der Waals surface area contributed by atoms with Crippen LogP contribution in [0.1, 0.15) is 70.2 Å². The highest BCUT2D eigenvalue weighted by atomic mass is 16.6. The van der Waals surface area contributed by atoms with Crippen LogP contribution >= 0.6 is 0 Å². The number of hydrogen-bond donors (Lipinski definition) is 2. The van der Waals surface area contributed by atoms with Crippen molar-refractivity contribution in [2.45, 2.75) is 79.0 Å². The minimum Gasteiger partial charge on any atom is -0.444 e. The van der Waals surface area contributed by atoms with Gasteiger partial charge in [-0.25, -0.2) is 4.79 Å². The summed E-state index contributed by atoms with van der Waals surface area (Å²) in [6.07, 6.45) is 2.68. The summed E-state index contributed by atoms with van der Waals surface area (Å²) < 4.78 is 5.27. The van der Waals surface area contributed by atoms with E-state index in [9.17, 15) is 14.4 Å². The Morgan fingerprint density at radius 2 is 1.88 bits per heavy atom. The second-order valence-corrected chi connectivity index (χ2v) is 8.98. The molecule has 32 heavy (non-hydrogen) atoms. The van der Waals surface area contributed by atoms with Gasteiger partial charge in [-0.15, -0.1) is 6.58 Å². The summed E-state index contributed by atoms with van der Waals surface area (Å²) >= 11 is 0. The Hall–Kier alpha value is -2.83. The van der Waals surface area contributed by atoms with E-state index in [2.05, 4.69) is 17.2 Å². The lowest BCUT2D eigenvalue weighted by Crippen LogP contribution is -2.52. The van der Waals surface area contributed by atoms with Gasteiger partial charge in [0.1, 0.15) is 17.7 Å². The van der Waals surface area contributed by atoms with Crippen molar-refractivity contribution in [2.24, 2.45) is 0 Å². The molecule has 1 aromatic carbocycles. The van der Waals surface area contributed by atoms with Gasteiger partial charge in [-0.05, 0) is 64.7 Å². The van der Waals surface area contributed by atoms with Crippen LogP contribution in [0.4, 0.5) is 4.79 Å². The van der Waals surface area contributed by atoms with Gasteiger partial charge in [0.05, 0.1) is 0 Å². The average molecular weight is 446 g/mol. The van der Waals surface area contributed by atoms with Crippen molar-refractivity contribution in [3.8, 4) is 0 Å². The highest BCUT2D eigenvalue weighted by Crippen LogP contribution is 2.27. The Morgan fingerprint density at radius 3 is 2.44 bits per heavy atom. The van der Waals surface area contributed by atoms with Crippen molar-refractivity contribution in [3.05, 3.63) is 47.5 Å². The molecule has 7 heteroatoms. The van der Waals surface area contributed by atoms with E-state index in [1.807, 2.05) is 39.0 Å². The van der Waals surface area contributed by atoms with Crippen molar-refractivity contribution < 1.29 is 19.1 Å². The molecule has 1 aromatic rings. The van der Waals surface area contributed by atoms with Crippen LogP contribution in [0.2, 0.25) is 0 Å². The smallest absolute Gasteiger partial charge is 0.408 e. The maximum atomic E-state index is 13.4. The monoisotopic (exact) mass is 445 g/mol. The summed E-state index contributed by atoms with van der Waals surface area (Å²) in [5.74, 6) is -0.654. The number of carbonyl (C=O) groups excluding carboxylic acids is 3. The molecule has 2 N–H and O–H groups in total. The van der Waals surface area contributed by atoms with Gasteiger partial charge < -0.3 is 20.3 Å². The lowest BCUT2D eigenvalue weighted by Gasteiger charge is -2.34. The zero-order chi connectivity index (χ0) is 24.5. The third-order valence-corrected chi connectivity index (χ3v) is 5.04. The zero-order valence-corrected chi connectivity index (χ0v) is 20.6. The number of rotatable bonds is 10. The molecule has 0 saturated carbocycles. The Balaban J connectivity index is 3.29. The largest absolute Gasteiger partial charge is 0.444 e. The zero-order valence-electron chi connectivity index (χ0n) is 20.6. The Morgan fingerprint density at radius 1 is 1.22 bits per heavy atom. The number of carbonyl (C=O) groups is 3. The molecule has 0 spiro atoms. The molecule has 178 valence electrons. The van der Waals surface area contributed by atoms with Crippen LogP contribution < -0.4 is 10.6 Å². The minimum absolute atomic E-state index is 0.151. The second kappa shape index (κ2) is 12.3. The molecule has 0 saturated heterocycles. The molecule has 3 amide bonds. The Bertz CT molecular complexity index is 814. The number of ether oxygens (including phenoxy) is 1. The summed E-state index contributed by atoms with van der Waals surface area (Å²) in [6, 6.07) is 3.98. The summed E-state index contributed by atoms with van der Waals surface area (Å²) in [4.78, 5) is 40.3. The molecule has 0 heterocycles. The maximum absolute atomic E-state index is 13.4. The molecule has 0 fully saturated rings. The molecule has 2 atom stereocenters. The molecule has 0 aliphatic carbocycles. The number of amides is 3. The van der Waals surface area contributed by atoms with Gasteiger partial charge in [0.25, 0.3) is 0 Å². The highest BCUT2D eigenvalue weighted by Gasteiger charge is 2.34. The molecule has 0 aliphatic heterocycles. The number of aryl methyl sites for hydroxylation is 1. The maximum Gasteiger partial charge on any atom is 0.408 e. The van der Waals surface area contributed by atoms with E-state index >= 15 is 0 Å². The van der Waals surface area contributed by atoms with E-state index in [0.29, 0.717) is 6.54 Å². The summed E-state index contributed by atoms with van der Waals surface area (Å²) in [5, 5.41) is 5.53. The number of alkyl carbamates (subject to hydrolysis) is 1. The lowest BCUT2D eigenvalue weighted by molar-refractivity contribution is -0.141. The van der Waals surface area contributed by atoms with Crippen LogP contribution in [-0.4, -0.2) is 47.5 Å². The van der Waals surface area contributed by atoms with Crippen LogP contribution in [0.25, 0.3) is 0 Å². The fourth-order valence-electron chi connectivity index (χ4n) is 3.26. The Labute approximate surface area is 192 Å². The number of unbranched alkanes of at least 4 members (excludes halogenated alkanes) is 1. The molecule has 0 aromatic heterocycles. The van der Waals surface area contributed by atoms with Gasteiger partial charge in [0.15, 0.2) is 0 Å². The van der Waals surface area contributed by atoms with E-state index in [-0.39, 0.29) is 12.5 Å². The number of nitrogens with zero attached hydrogens (tertiary/aromatic N) is 1. The van der Waals surface area contributed by atoms with Gasteiger partial charge in [0, 0.05) is 13.1 Å². The van der Waals surface area contributed by atoms with Crippen molar-refractivity contribution in [1.82, 2.24) is 15.5 Å². The predicted molar refractivity (Wildman–Crippen MR) is 127 cm³/mol. The van der Waals surface area contributed by atoms with Crippen LogP contribution in [0, 0.1) is 13.8 Å². The number of benzene rings is 1. The first-order valence-corrected chi connectivity index (χ1v) is 11.2. The first kappa shape index (κ1) is 27.2. The van der Waals surface area contributed by atoms with E-state index in [1.165, 1.54) is 4.90 Å². The quantitative estimate of drug-likeness (QED) is 0.418. The van der Waals surface area contributed by atoms with Crippen molar-refractivity contribution >= 4 is 17.9 Å². The predicted octanol–water partition coefficient (Wildman–Crippen LogP) is 4.19. The first-order chi connectivity index (χ1) is 14.9. The van der Waals surface area contributed by atoms with Gasteiger partial charge in [-0.3, -0.25) is 9.59 Å². The number of nitrogens with one attached hydrogen (secondary N) is 2. The molecule has 0 aliphatic rings. The fourth-order valence-corrected chi connectivity index (χ4v) is 3.26. The third-order valence-electron chi connectivity index (χ3n) is 5.04. The Kier molecular flexibility index (Phi) is 10.4. The van der Waals surface area contributed by atoms with Gasteiger partial charge >= 0.3 is 6.09 Å². The van der Waals surface area contributed by atoms with Crippen LogP contribution in [0.5, 0.6) is 0 Å². The van der Waals surface area contributed by atoms with Crippen LogP contribution in [0.3, 0.4) is 0 Å². The summed E-state index contributed by atoms with van der Waals surface area (Å²) in [7, 11) is 0. The van der Waals surface area contributed by atoms with Crippen molar-refractivity contribution in [1.29, 1.82) is 0 Å². The fraction of sp³-hybridized carbons (Fsp3) is 0.560. The lowest BCUT2D eigenvalue weighted by atomic mass is 9.95. The van der Waals surface area contributed by atoms with Gasteiger partial charge in [0.2, 0.25) is 11.8 Å². The molecule has 1 rings (SSSR count). The SMILES string of the molecule is C=CCN(C(=O)C(C)NC(=O)OC(C)(C)C)C(C(=O)NCCCC)c1cccc(C)c1C. The standard InChI is InChI=1S/C25H39N3O4/c1-9-11-15-26-22(29)21(20-14-12-13-17(3)18(20)4)28(16-10-2)23(30)19(5)27-24(31)32-25(6,7)8/h10,12-14,19,21H,2,9,11,15-16H2,1,3-8H3,(H,26,29)(H,27,31). The third kappa shape index (κ3) is 8.02. The van der Waals surface area contributed by atoms with Gasteiger partial charge in [-0.1, -0.05) is 37.6 Å². The highest BCUT2D eigenvalue weighted by molar-refractivity contribution is 5.92. The molecular formula is C25H39N3O4. The second-order valence-electron chi connectivity index (χ2n) is 8.98. The average Bonchev–Trinajstić information content (AvgIpc) is 2.68. The van der Waals surface area contributed by atoms with Crippen LogP contribution in [-0.2, 0) is 14.3 Å². The van der Waals surface area contributed by atoms with E-state index in [1.54, 1.807) is 33.8 Å². The van der Waals surface area contributed by atoms with E-state index in [0.717, 1.165) is 29.5 Å². The molecular weight excluding hydrogens is 406 g/mol. The normalized spacial score (nSPS) is 13.0. The van der Waals surface area contributed by atoms with Gasteiger partial charge in [-0.2, -0.15) is 0 Å². The van der Waals surface area contributed by atoms with Crippen molar-refractivity contribution in [3.63, 3.8) is 0 Å². The van der Waals surface area contributed by atoms with Crippen LogP contribution in [0.15, 0.2) is 30.9 Å². The first-order valence-electron chi connectivity index (χ1n) is 11.2. The molecule has 2 unspecified atom stereocenters. The topological polar surface area (TPSA) is 87.7 Å². The molecule has 7 nitrogen and oxygen atoms in total. The molecule has 0 radical (unpaired) electrons. The summed E-state index contributed by atoms with van der Waals surface area (Å²) in [5.41, 5.74) is 2.03. The minimum atomic E-state index is -0.888. The molecule has 0 bridgehead atoms. The summed E-state index contributed by atoms with van der Waals surface area (Å²) in [6.45, 7) is 17.2. The van der Waals surface area contributed by atoms with Crippen molar-refractivity contribution in [2.75, 3.05) is 13.1 Å².